The highest BCUT2D eigenvalue weighted by molar-refractivity contribution is 9.11. The van der Waals surface area contributed by atoms with Crippen molar-refractivity contribution in [3.63, 3.8) is 0 Å². The van der Waals surface area contributed by atoms with E-state index in [1.807, 2.05) is 24.2 Å². The minimum absolute atomic E-state index is 0.108. The molecule has 2 rings (SSSR count). The van der Waals surface area contributed by atoms with Crippen LogP contribution in [0.1, 0.15) is 19.3 Å². The molecular weight excluding hydrogens is 326 g/mol. The number of likely N-dealkylation sites (N-methyl/N-ethyl adjacent to an activating group) is 1. The maximum atomic E-state index is 11.5. The predicted molar refractivity (Wildman–Crippen MR) is 78.2 cm³/mol. The fourth-order valence-electron chi connectivity index (χ4n) is 2.35. The lowest BCUT2D eigenvalue weighted by molar-refractivity contribution is -0.182. The van der Waals surface area contributed by atoms with Gasteiger partial charge in [0.15, 0.2) is 6.29 Å². The molecule has 0 saturated carbocycles. The molecule has 0 aromatic carbocycles. The van der Waals surface area contributed by atoms with E-state index in [1.165, 1.54) is 7.11 Å². The van der Waals surface area contributed by atoms with E-state index >= 15 is 0 Å². The van der Waals surface area contributed by atoms with Crippen molar-refractivity contribution in [2.75, 3.05) is 27.4 Å². The maximum absolute atomic E-state index is 11.5. The Morgan fingerprint density at radius 2 is 2.15 bits per heavy atom. The summed E-state index contributed by atoms with van der Waals surface area (Å²) in [5.41, 5.74) is 0.545. The minimum Gasteiger partial charge on any atom is -0.465 e. The van der Waals surface area contributed by atoms with Crippen LogP contribution in [0.4, 0.5) is 0 Å². The largest absolute Gasteiger partial charge is 0.465 e. The Morgan fingerprint density at radius 3 is 2.75 bits per heavy atom. The first-order valence-corrected chi connectivity index (χ1v) is 7.53. The van der Waals surface area contributed by atoms with E-state index in [4.69, 9.17) is 14.2 Å². The number of methoxy groups -OCH3 is 1. The van der Waals surface area contributed by atoms with E-state index in [0.717, 1.165) is 37.0 Å². The van der Waals surface area contributed by atoms with Crippen molar-refractivity contribution in [1.82, 2.24) is 4.90 Å². The standard InChI is InChI=1S/C14H20BrNO4/c1-16-9-10(14(17)18-2)8-11(15)12(16)4-5-13-19-6-3-7-20-13/h8-9,12-13H,3-7H2,1-2H3. The molecule has 1 atom stereocenters. The van der Waals surface area contributed by atoms with Crippen LogP contribution in [-0.4, -0.2) is 50.6 Å². The third kappa shape index (κ3) is 3.84. The lowest BCUT2D eigenvalue weighted by atomic mass is 10.0. The SMILES string of the molecule is COC(=O)C1=CN(C)C(CCC2OCCCO2)C(Br)=C1. The molecule has 2 aliphatic rings. The van der Waals surface area contributed by atoms with Crippen LogP contribution in [0.3, 0.4) is 0 Å². The molecule has 2 aliphatic heterocycles. The molecule has 2 heterocycles. The Morgan fingerprint density at radius 1 is 1.45 bits per heavy atom. The van der Waals surface area contributed by atoms with Crippen LogP contribution < -0.4 is 0 Å². The van der Waals surface area contributed by atoms with E-state index in [-0.39, 0.29) is 18.3 Å². The summed E-state index contributed by atoms with van der Waals surface area (Å²) in [6.45, 7) is 1.54. The van der Waals surface area contributed by atoms with E-state index < -0.39 is 0 Å². The second kappa shape index (κ2) is 7.24. The number of carbonyl (C=O) groups is 1. The summed E-state index contributed by atoms with van der Waals surface area (Å²) in [6.07, 6.45) is 6.21. The molecule has 0 aliphatic carbocycles. The lowest BCUT2D eigenvalue weighted by Gasteiger charge is -2.32. The normalized spacial score (nSPS) is 24.1. The number of ether oxygens (including phenoxy) is 3. The first-order chi connectivity index (χ1) is 9.61. The fourth-order valence-corrected chi connectivity index (χ4v) is 3.15. The van der Waals surface area contributed by atoms with Gasteiger partial charge in [-0.1, -0.05) is 15.9 Å². The number of halogens is 1. The first kappa shape index (κ1) is 15.5. The highest BCUT2D eigenvalue weighted by Crippen LogP contribution is 2.28. The average Bonchev–Trinajstić information content (AvgIpc) is 2.46. The number of nitrogens with zero attached hydrogens (tertiary/aromatic N) is 1. The summed E-state index contributed by atoms with van der Waals surface area (Å²) in [7, 11) is 3.33. The molecule has 1 fully saturated rings. The molecule has 0 aromatic heterocycles. The van der Waals surface area contributed by atoms with E-state index in [1.54, 1.807) is 0 Å². The average molecular weight is 346 g/mol. The Labute approximate surface area is 127 Å². The molecular formula is C14H20BrNO4. The number of carbonyl (C=O) groups excluding carboxylic acids is 1. The summed E-state index contributed by atoms with van der Waals surface area (Å²) in [5, 5.41) is 0. The van der Waals surface area contributed by atoms with Gasteiger partial charge < -0.3 is 19.1 Å². The number of rotatable bonds is 4. The zero-order valence-corrected chi connectivity index (χ0v) is 13.4. The predicted octanol–water partition coefficient (Wildman–Crippen LogP) is 2.18. The van der Waals surface area contributed by atoms with Crippen LogP contribution in [-0.2, 0) is 19.0 Å². The van der Waals surface area contributed by atoms with Gasteiger partial charge in [-0.2, -0.15) is 0 Å². The molecule has 0 N–H and O–H groups in total. The van der Waals surface area contributed by atoms with Gasteiger partial charge in [0, 0.05) is 24.2 Å². The molecule has 0 aromatic rings. The van der Waals surface area contributed by atoms with Crippen molar-refractivity contribution in [1.29, 1.82) is 0 Å². The summed E-state index contributed by atoms with van der Waals surface area (Å²) < 4.78 is 16.8. The summed E-state index contributed by atoms with van der Waals surface area (Å²) in [4.78, 5) is 13.6. The van der Waals surface area contributed by atoms with Gasteiger partial charge in [-0.15, -0.1) is 0 Å². The molecule has 112 valence electrons. The molecule has 1 saturated heterocycles. The molecule has 0 amide bonds. The number of hydrogen-bond donors (Lipinski definition) is 0. The van der Waals surface area contributed by atoms with Crippen LogP contribution >= 0.6 is 15.9 Å². The third-order valence-corrected chi connectivity index (χ3v) is 4.20. The van der Waals surface area contributed by atoms with E-state index in [9.17, 15) is 4.79 Å². The maximum Gasteiger partial charge on any atom is 0.339 e. The van der Waals surface area contributed by atoms with E-state index in [0.29, 0.717) is 5.57 Å². The van der Waals surface area contributed by atoms with Crippen LogP contribution in [0.15, 0.2) is 22.3 Å². The molecule has 5 nitrogen and oxygen atoms in total. The molecule has 6 heteroatoms. The van der Waals surface area contributed by atoms with Gasteiger partial charge in [-0.05, 0) is 18.9 Å². The first-order valence-electron chi connectivity index (χ1n) is 6.74. The van der Waals surface area contributed by atoms with Crippen molar-refractivity contribution in [2.24, 2.45) is 0 Å². The Hall–Kier alpha value is -0.850. The highest BCUT2D eigenvalue weighted by Gasteiger charge is 2.25. The third-order valence-electron chi connectivity index (χ3n) is 3.44. The van der Waals surface area contributed by atoms with Crippen LogP contribution in [0.2, 0.25) is 0 Å². The highest BCUT2D eigenvalue weighted by atomic mass is 79.9. The Bertz CT molecular complexity index is 415. The number of esters is 1. The van der Waals surface area contributed by atoms with E-state index in [2.05, 4.69) is 15.9 Å². The van der Waals surface area contributed by atoms with Gasteiger partial charge in [0.05, 0.1) is 31.9 Å². The van der Waals surface area contributed by atoms with Crippen LogP contribution in [0.5, 0.6) is 0 Å². The van der Waals surface area contributed by atoms with Gasteiger partial charge >= 0.3 is 5.97 Å². The Kier molecular flexibility index (Phi) is 5.63. The lowest BCUT2D eigenvalue weighted by Crippen LogP contribution is -2.33. The second-order valence-corrected chi connectivity index (χ2v) is 5.80. The number of hydrogen-bond acceptors (Lipinski definition) is 5. The zero-order valence-electron chi connectivity index (χ0n) is 11.8. The molecule has 20 heavy (non-hydrogen) atoms. The summed E-state index contributed by atoms with van der Waals surface area (Å²) in [6, 6.07) is 0.192. The second-order valence-electron chi connectivity index (χ2n) is 4.89. The quantitative estimate of drug-likeness (QED) is 0.731. The van der Waals surface area contributed by atoms with Crippen molar-refractivity contribution < 1.29 is 19.0 Å². The van der Waals surface area contributed by atoms with Crippen molar-refractivity contribution in [3.05, 3.63) is 22.3 Å². The zero-order chi connectivity index (χ0) is 14.5. The monoisotopic (exact) mass is 345 g/mol. The van der Waals surface area contributed by atoms with Crippen molar-refractivity contribution in [3.8, 4) is 0 Å². The minimum atomic E-state index is -0.328. The van der Waals surface area contributed by atoms with Crippen LogP contribution in [0, 0.1) is 0 Å². The summed E-state index contributed by atoms with van der Waals surface area (Å²) in [5.74, 6) is -0.328. The topological polar surface area (TPSA) is 48.0 Å². The Balaban J connectivity index is 1.91. The van der Waals surface area contributed by atoms with Gasteiger partial charge in [-0.25, -0.2) is 4.79 Å². The molecule has 1 unspecified atom stereocenters. The fraction of sp³-hybridized carbons (Fsp3) is 0.643. The van der Waals surface area contributed by atoms with Gasteiger partial charge in [0.25, 0.3) is 0 Å². The van der Waals surface area contributed by atoms with Crippen LogP contribution in [0.25, 0.3) is 0 Å². The molecule has 0 spiro atoms. The molecule has 0 bridgehead atoms. The summed E-state index contributed by atoms with van der Waals surface area (Å²) >= 11 is 3.55. The van der Waals surface area contributed by atoms with Crippen molar-refractivity contribution in [2.45, 2.75) is 31.6 Å². The van der Waals surface area contributed by atoms with Crippen molar-refractivity contribution >= 4 is 21.9 Å². The van der Waals surface area contributed by atoms with Gasteiger partial charge in [0.2, 0.25) is 0 Å². The van der Waals surface area contributed by atoms with Gasteiger partial charge in [-0.3, -0.25) is 0 Å². The molecule has 0 radical (unpaired) electrons. The van der Waals surface area contributed by atoms with Gasteiger partial charge in [0.1, 0.15) is 0 Å². The smallest absolute Gasteiger partial charge is 0.339 e.